The van der Waals surface area contributed by atoms with Crippen molar-refractivity contribution in [3.63, 3.8) is 0 Å². The van der Waals surface area contributed by atoms with Crippen LogP contribution in [-0.2, 0) is 14.4 Å². The van der Waals surface area contributed by atoms with Gasteiger partial charge in [-0.2, -0.15) is 0 Å². The third kappa shape index (κ3) is 17.0. The van der Waals surface area contributed by atoms with Gasteiger partial charge < -0.3 is 10.6 Å². The number of aliphatic carboxylic acids is 1. The molecule has 60 heavy (non-hydrogen) atoms. The number of hydrogen-bond acceptors (Lipinski definition) is 8. The van der Waals surface area contributed by atoms with Gasteiger partial charge in [-0.25, -0.2) is 4.79 Å². The Labute approximate surface area is 376 Å². The van der Waals surface area contributed by atoms with Crippen molar-refractivity contribution >= 4 is 102 Å². The van der Waals surface area contributed by atoms with E-state index in [1.165, 1.54) is 8.96 Å². The molecule has 0 amide bonds. The normalized spacial score (nSPS) is 10.1. The molecule has 8 aromatic rings. The number of pyridine rings is 4. The summed E-state index contributed by atoms with van der Waals surface area (Å²) in [5.74, 6) is -0.830. The molecule has 0 spiro atoms. The number of fused-ring (bicyclic) bond motifs is 4. The summed E-state index contributed by atoms with van der Waals surface area (Å²) < 4.78 is 1.25. The summed E-state index contributed by atoms with van der Waals surface area (Å²) in [7, 11) is 0. The van der Waals surface area contributed by atoms with Crippen molar-refractivity contribution in [3.05, 3.63) is 185 Å². The Kier molecular flexibility index (Phi) is 23.1. The Morgan fingerprint density at radius 2 is 0.783 bits per heavy atom. The number of carboxylic acid groups (broad SMARTS) is 1. The van der Waals surface area contributed by atoms with E-state index in [1.807, 2.05) is 121 Å². The van der Waals surface area contributed by atoms with Crippen molar-refractivity contribution in [2.75, 3.05) is 0 Å². The Morgan fingerprint density at radius 3 is 1.10 bits per heavy atom. The zero-order valence-corrected chi connectivity index (χ0v) is 34.3. The number of allylic oxidation sites excluding steroid dienone is 2. The van der Waals surface area contributed by atoms with Gasteiger partial charge in [0.05, 0.1) is 22.1 Å². The van der Waals surface area contributed by atoms with Crippen molar-refractivity contribution in [3.8, 4) is 0 Å². The van der Waals surface area contributed by atoms with Crippen LogP contribution in [0.3, 0.4) is 0 Å². The minimum atomic E-state index is -0.943. The average Bonchev–Trinajstić information content (AvgIpc) is 3.22. The van der Waals surface area contributed by atoms with E-state index in [9.17, 15) is 14.4 Å². The number of benzene rings is 4. The number of nitrogens with zero attached hydrogens (tertiary/aromatic N) is 4. The first kappa shape index (κ1) is 51.9. The van der Waals surface area contributed by atoms with Gasteiger partial charge in [0.15, 0.2) is 11.6 Å². The van der Waals surface area contributed by atoms with E-state index in [4.69, 9.17) is 5.11 Å². The molecule has 11 heteroatoms. The number of halogens is 1. The van der Waals surface area contributed by atoms with Crippen LogP contribution in [0, 0.1) is 3.57 Å². The number of hydrogen-bond donors (Lipinski definition) is 1. The number of carbonyl (C=O) groups is 3. The zero-order valence-electron chi connectivity index (χ0n) is 32.1. The molecule has 0 saturated carbocycles. The van der Waals surface area contributed by atoms with E-state index in [2.05, 4.69) is 60.7 Å². The number of rotatable bonds is 6. The number of carboxylic acids is 1. The molecule has 0 fully saturated rings. The van der Waals surface area contributed by atoms with Crippen LogP contribution in [0.5, 0.6) is 0 Å². The van der Waals surface area contributed by atoms with Crippen LogP contribution in [0.25, 0.3) is 61.8 Å². The number of ketones is 2. The molecule has 0 bridgehead atoms. The van der Waals surface area contributed by atoms with Gasteiger partial charge in [0.1, 0.15) is 0 Å². The van der Waals surface area contributed by atoms with E-state index in [0.717, 1.165) is 61.0 Å². The monoisotopic (exact) mass is 904 g/mol. The zero-order chi connectivity index (χ0) is 39.7. The van der Waals surface area contributed by atoms with Crippen LogP contribution in [0.15, 0.2) is 164 Å². The quantitative estimate of drug-likeness (QED) is 0.0979. The third-order valence-electron chi connectivity index (χ3n) is 7.89. The van der Waals surface area contributed by atoms with Gasteiger partial charge in [-0.05, 0) is 150 Å². The van der Waals surface area contributed by atoms with Gasteiger partial charge in [-0.15, -0.1) is 0 Å². The van der Waals surface area contributed by atoms with Gasteiger partial charge in [0.2, 0.25) is 0 Å². The summed E-state index contributed by atoms with van der Waals surface area (Å²) in [5, 5.41) is 12.9. The first-order chi connectivity index (χ1) is 27.1. The first-order valence-electron chi connectivity index (χ1n) is 17.5. The van der Waals surface area contributed by atoms with E-state index < -0.39 is 5.97 Å². The molecule has 0 unspecified atom stereocenters. The molecule has 4 aromatic carbocycles. The van der Waals surface area contributed by atoms with Crippen LogP contribution in [0.1, 0.15) is 45.4 Å². The minimum Gasteiger partial charge on any atom is -0.870 e. The fourth-order valence-corrected chi connectivity index (χ4v) is 5.75. The summed E-state index contributed by atoms with van der Waals surface area (Å²) in [6, 6.07) is 39.3. The Bertz CT molecular complexity index is 2500. The standard InChI is InChI=1S/2C13H11NO.C12H9NO2.C9H6IN.2CH4.Li.H2O/c2*1-10(15)4-5-11-6-7-13-12(9-11)3-2-8-14-13;14-12(15)6-4-9-3-5-11-10(8-9)2-1-7-13-11;10-8-3-4-9-7(6-8)2-1-5-11-9;;;;/h2*2-9H,1H3;1-8H,(H,14,15);1-6H;2*1H4;;1H2/q;;;;;;+1;/p-1/b2*5-4+;6-4+;;;;;. The summed E-state index contributed by atoms with van der Waals surface area (Å²) in [5.41, 5.74) is 6.81. The van der Waals surface area contributed by atoms with E-state index in [1.54, 1.807) is 50.7 Å². The average molecular weight is 905 g/mol. The summed E-state index contributed by atoms with van der Waals surface area (Å²) in [6.07, 6.45) is 16.5. The van der Waals surface area contributed by atoms with E-state index >= 15 is 0 Å². The molecule has 300 valence electrons. The van der Waals surface area contributed by atoms with Crippen LogP contribution in [0.2, 0.25) is 0 Å². The van der Waals surface area contributed by atoms with Gasteiger partial charge in [0.25, 0.3) is 0 Å². The molecule has 0 aliphatic carbocycles. The molecule has 0 saturated heterocycles. The predicted octanol–water partition coefficient (Wildman–Crippen LogP) is 8.95. The fraction of sp³-hybridized carbons (Fsp3) is 0.0816. The molecule has 2 N–H and O–H groups in total. The Hall–Kier alpha value is -6.16. The molecule has 0 aliphatic heterocycles. The van der Waals surface area contributed by atoms with Crippen molar-refractivity contribution in [2.24, 2.45) is 0 Å². The molecule has 4 heterocycles. The minimum absolute atomic E-state index is 0. The predicted molar refractivity (Wildman–Crippen MR) is 251 cm³/mol. The second-order valence-corrected chi connectivity index (χ2v) is 13.5. The van der Waals surface area contributed by atoms with Crippen molar-refractivity contribution < 1.29 is 43.8 Å². The first-order valence-corrected chi connectivity index (χ1v) is 18.5. The smallest absolute Gasteiger partial charge is 0.870 e. The van der Waals surface area contributed by atoms with Crippen LogP contribution < -0.4 is 18.9 Å². The van der Waals surface area contributed by atoms with Crippen molar-refractivity contribution in [1.29, 1.82) is 0 Å². The Morgan fingerprint density at radius 1 is 0.483 bits per heavy atom. The van der Waals surface area contributed by atoms with Crippen molar-refractivity contribution in [2.45, 2.75) is 28.7 Å². The van der Waals surface area contributed by atoms with E-state index in [-0.39, 0.29) is 50.8 Å². The molecular weight excluding hydrogens is 858 g/mol. The summed E-state index contributed by atoms with van der Waals surface area (Å²) in [4.78, 5) is 48.7. The molecule has 0 atom stereocenters. The van der Waals surface area contributed by atoms with Gasteiger partial charge in [0, 0.05) is 56.0 Å². The second kappa shape index (κ2) is 26.8. The number of aromatic nitrogens is 4. The molecular formula is C49H46ILiN4O5. The van der Waals surface area contributed by atoms with Gasteiger partial charge >= 0.3 is 24.8 Å². The maximum Gasteiger partial charge on any atom is 1.00 e. The third-order valence-corrected chi connectivity index (χ3v) is 8.56. The van der Waals surface area contributed by atoms with Crippen molar-refractivity contribution in [1.82, 2.24) is 19.9 Å². The van der Waals surface area contributed by atoms with Gasteiger partial charge in [-0.3, -0.25) is 29.5 Å². The largest absolute Gasteiger partial charge is 1.00 e. The van der Waals surface area contributed by atoms with Crippen LogP contribution in [-0.4, -0.2) is 48.1 Å². The molecule has 4 aromatic heterocycles. The number of carbonyl (C=O) groups excluding carboxylic acids is 2. The van der Waals surface area contributed by atoms with E-state index in [0.29, 0.717) is 0 Å². The maximum absolute atomic E-state index is 10.8. The van der Waals surface area contributed by atoms with Gasteiger partial charge in [-0.1, -0.05) is 69.5 Å². The molecule has 0 radical (unpaired) electrons. The molecule has 9 nitrogen and oxygen atoms in total. The summed E-state index contributed by atoms with van der Waals surface area (Å²) >= 11 is 2.30. The topological polar surface area (TPSA) is 153 Å². The van der Waals surface area contributed by atoms with Crippen LogP contribution >= 0.6 is 22.6 Å². The Balaban J connectivity index is 0.000000393. The molecule has 8 rings (SSSR count). The second-order valence-electron chi connectivity index (χ2n) is 12.3. The summed E-state index contributed by atoms with van der Waals surface area (Å²) in [6.45, 7) is 3.08. The van der Waals surface area contributed by atoms with Crippen LogP contribution in [0.4, 0.5) is 0 Å². The maximum atomic E-state index is 10.8. The molecule has 0 aliphatic rings. The SMILES string of the molecule is C.C.CC(=O)/C=C/c1ccc2ncccc2c1.CC(=O)/C=C/c1ccc2ncccc2c1.Ic1ccc2ncccc2c1.O=C(O)/C=C/c1ccc2ncccc2c1.[Li+].[OH-]. The fourth-order valence-electron chi connectivity index (χ4n) is 5.23.